The van der Waals surface area contributed by atoms with E-state index in [4.69, 9.17) is 0 Å². The molecule has 1 saturated heterocycles. The summed E-state index contributed by atoms with van der Waals surface area (Å²) in [5, 5.41) is 6.60. The smallest absolute Gasteiger partial charge is 0.0644 e. The van der Waals surface area contributed by atoms with E-state index in [0.717, 1.165) is 12.1 Å². The fourth-order valence-electron chi connectivity index (χ4n) is 1.69. The average molecular weight is 189 g/mol. The van der Waals surface area contributed by atoms with Crippen molar-refractivity contribution in [3.05, 3.63) is 18.0 Å². The Hall–Kier alpha value is -1.27. The molecule has 0 atom stereocenters. The van der Waals surface area contributed by atoms with Crippen LogP contribution in [0.2, 0.25) is 0 Å². The van der Waals surface area contributed by atoms with E-state index in [1.165, 1.54) is 32.4 Å². The molecule has 2 rings (SSSR count). The molecule has 0 spiro atoms. The lowest BCUT2D eigenvalue weighted by atomic mass is 10.1. The van der Waals surface area contributed by atoms with Gasteiger partial charge in [-0.2, -0.15) is 5.10 Å². The highest BCUT2D eigenvalue weighted by molar-refractivity contribution is 5.29. The van der Waals surface area contributed by atoms with Crippen LogP contribution in [0.3, 0.4) is 0 Å². The first-order valence-electron chi connectivity index (χ1n) is 5.15. The van der Waals surface area contributed by atoms with E-state index in [2.05, 4.69) is 26.9 Å². The van der Waals surface area contributed by atoms with Gasteiger partial charge in [0.2, 0.25) is 0 Å². The summed E-state index contributed by atoms with van der Waals surface area (Å²) in [6, 6.07) is 0. The predicted octanol–water partition coefficient (Wildman–Crippen LogP) is 1.25. The van der Waals surface area contributed by atoms with Crippen LogP contribution in [0.4, 0.5) is 0 Å². The molecule has 1 N–H and O–H groups in total. The summed E-state index contributed by atoms with van der Waals surface area (Å²) in [6.07, 6.45) is 7.61. The first-order chi connectivity index (χ1) is 6.95. The van der Waals surface area contributed by atoms with Gasteiger partial charge < -0.3 is 0 Å². The fraction of sp³-hybridized carbons (Fsp3) is 0.545. The van der Waals surface area contributed by atoms with Gasteiger partial charge in [0.05, 0.1) is 18.3 Å². The minimum Gasteiger partial charge on any atom is -0.292 e. The first-order valence-corrected chi connectivity index (χ1v) is 5.15. The number of rotatable bonds is 1. The Morgan fingerprint density at radius 3 is 2.93 bits per heavy atom. The number of likely N-dealkylation sites (tertiary alicyclic amines) is 1. The SMILES string of the molecule is C(#Cc1cn[nH]c1)CN1CCCCC1. The topological polar surface area (TPSA) is 31.9 Å². The molecule has 3 nitrogen and oxygen atoms in total. The number of hydrogen-bond donors (Lipinski definition) is 1. The molecule has 0 aliphatic carbocycles. The molecular formula is C11H15N3. The van der Waals surface area contributed by atoms with Crippen LogP contribution in [0.5, 0.6) is 0 Å². The van der Waals surface area contributed by atoms with Crippen molar-refractivity contribution in [2.24, 2.45) is 0 Å². The molecule has 2 heterocycles. The minimum atomic E-state index is 0.894. The van der Waals surface area contributed by atoms with E-state index < -0.39 is 0 Å². The summed E-state index contributed by atoms with van der Waals surface area (Å²) in [7, 11) is 0. The van der Waals surface area contributed by atoms with Crippen LogP contribution in [0, 0.1) is 11.8 Å². The summed E-state index contributed by atoms with van der Waals surface area (Å²) in [4.78, 5) is 2.41. The van der Waals surface area contributed by atoms with Gasteiger partial charge in [0.25, 0.3) is 0 Å². The Labute approximate surface area is 84.5 Å². The van der Waals surface area contributed by atoms with Crippen molar-refractivity contribution >= 4 is 0 Å². The van der Waals surface area contributed by atoms with Gasteiger partial charge in [-0.05, 0) is 25.9 Å². The van der Waals surface area contributed by atoms with E-state index in [9.17, 15) is 0 Å². The molecule has 0 amide bonds. The highest BCUT2D eigenvalue weighted by Crippen LogP contribution is 2.07. The predicted molar refractivity (Wildman–Crippen MR) is 55.8 cm³/mol. The number of H-pyrrole nitrogens is 1. The molecule has 1 aromatic heterocycles. The van der Waals surface area contributed by atoms with E-state index in [1.807, 2.05) is 6.20 Å². The van der Waals surface area contributed by atoms with Crippen molar-refractivity contribution in [1.82, 2.24) is 15.1 Å². The van der Waals surface area contributed by atoms with Crippen LogP contribution in [-0.4, -0.2) is 34.7 Å². The van der Waals surface area contributed by atoms with Crippen molar-refractivity contribution < 1.29 is 0 Å². The van der Waals surface area contributed by atoms with Gasteiger partial charge in [-0.15, -0.1) is 0 Å². The van der Waals surface area contributed by atoms with E-state index in [0.29, 0.717) is 0 Å². The van der Waals surface area contributed by atoms with Crippen molar-refractivity contribution in [1.29, 1.82) is 0 Å². The van der Waals surface area contributed by atoms with Gasteiger partial charge in [-0.1, -0.05) is 18.3 Å². The number of hydrogen-bond acceptors (Lipinski definition) is 2. The summed E-state index contributed by atoms with van der Waals surface area (Å²) in [5.41, 5.74) is 0.974. The molecule has 0 saturated carbocycles. The van der Waals surface area contributed by atoms with E-state index in [1.54, 1.807) is 6.20 Å². The number of piperidine rings is 1. The normalized spacial score (nSPS) is 17.4. The lowest BCUT2D eigenvalue weighted by molar-refractivity contribution is 0.255. The number of nitrogens with zero attached hydrogens (tertiary/aromatic N) is 2. The van der Waals surface area contributed by atoms with Gasteiger partial charge >= 0.3 is 0 Å². The molecule has 14 heavy (non-hydrogen) atoms. The molecule has 3 heteroatoms. The summed E-state index contributed by atoms with van der Waals surface area (Å²) >= 11 is 0. The number of nitrogens with one attached hydrogen (secondary N) is 1. The minimum absolute atomic E-state index is 0.894. The number of aromatic nitrogens is 2. The summed E-state index contributed by atoms with van der Waals surface area (Å²) in [5.74, 6) is 6.26. The van der Waals surface area contributed by atoms with Gasteiger partial charge in [0.1, 0.15) is 0 Å². The Morgan fingerprint density at radius 2 is 2.21 bits per heavy atom. The monoisotopic (exact) mass is 189 g/mol. The molecular weight excluding hydrogens is 174 g/mol. The van der Waals surface area contributed by atoms with Crippen LogP contribution in [0.15, 0.2) is 12.4 Å². The molecule has 0 unspecified atom stereocenters. The van der Waals surface area contributed by atoms with Gasteiger partial charge in [0, 0.05) is 6.20 Å². The second-order valence-corrected chi connectivity index (χ2v) is 3.63. The fourth-order valence-corrected chi connectivity index (χ4v) is 1.69. The highest BCUT2D eigenvalue weighted by atomic mass is 15.1. The zero-order chi connectivity index (χ0) is 9.64. The molecule has 0 aromatic carbocycles. The Morgan fingerprint density at radius 1 is 1.36 bits per heavy atom. The third kappa shape index (κ3) is 2.61. The second kappa shape index (κ2) is 4.83. The molecule has 0 radical (unpaired) electrons. The van der Waals surface area contributed by atoms with Gasteiger partial charge in [-0.25, -0.2) is 0 Å². The van der Waals surface area contributed by atoms with Gasteiger partial charge in [-0.3, -0.25) is 10.00 Å². The molecule has 0 bridgehead atoms. The largest absolute Gasteiger partial charge is 0.292 e. The first kappa shape index (κ1) is 9.29. The Bertz CT molecular complexity index is 312. The lowest BCUT2D eigenvalue weighted by Crippen LogP contribution is -2.29. The van der Waals surface area contributed by atoms with E-state index in [-0.39, 0.29) is 0 Å². The maximum atomic E-state index is 3.85. The molecule has 1 fully saturated rings. The zero-order valence-corrected chi connectivity index (χ0v) is 8.29. The van der Waals surface area contributed by atoms with Crippen molar-refractivity contribution in [2.45, 2.75) is 19.3 Å². The Balaban J connectivity index is 1.80. The maximum Gasteiger partial charge on any atom is 0.0644 e. The molecule has 1 aliphatic rings. The average Bonchev–Trinajstić information content (AvgIpc) is 2.72. The van der Waals surface area contributed by atoms with E-state index >= 15 is 0 Å². The highest BCUT2D eigenvalue weighted by Gasteiger charge is 2.07. The van der Waals surface area contributed by atoms with Crippen LogP contribution in [-0.2, 0) is 0 Å². The summed E-state index contributed by atoms with van der Waals surface area (Å²) in [6.45, 7) is 3.31. The number of aromatic amines is 1. The lowest BCUT2D eigenvalue weighted by Gasteiger charge is -2.23. The van der Waals surface area contributed by atoms with Crippen molar-refractivity contribution in [2.75, 3.05) is 19.6 Å². The molecule has 74 valence electrons. The van der Waals surface area contributed by atoms with Crippen molar-refractivity contribution in [3.63, 3.8) is 0 Å². The quantitative estimate of drug-likeness (QED) is 0.674. The van der Waals surface area contributed by atoms with Gasteiger partial charge in [0.15, 0.2) is 0 Å². The van der Waals surface area contributed by atoms with Crippen LogP contribution in [0.25, 0.3) is 0 Å². The molecule has 1 aromatic rings. The third-order valence-electron chi connectivity index (χ3n) is 2.48. The third-order valence-corrected chi connectivity index (χ3v) is 2.48. The molecule has 1 aliphatic heterocycles. The van der Waals surface area contributed by atoms with Crippen LogP contribution in [0.1, 0.15) is 24.8 Å². The standard InChI is InChI=1S/C11H15N3/c1-2-6-14(7-3-1)8-4-5-11-9-12-13-10-11/h9-10H,1-3,6-8H2,(H,12,13). The zero-order valence-electron chi connectivity index (χ0n) is 8.29. The summed E-state index contributed by atoms with van der Waals surface area (Å²) < 4.78 is 0. The van der Waals surface area contributed by atoms with Crippen LogP contribution < -0.4 is 0 Å². The maximum absolute atomic E-state index is 3.85. The second-order valence-electron chi connectivity index (χ2n) is 3.63. The Kier molecular flexibility index (Phi) is 3.20. The van der Waals surface area contributed by atoms with Crippen LogP contribution >= 0.6 is 0 Å². The van der Waals surface area contributed by atoms with Crippen molar-refractivity contribution in [3.8, 4) is 11.8 Å².